The Hall–Kier alpha value is -2.93. The number of hydrogen-bond acceptors (Lipinski definition) is 6. The van der Waals surface area contributed by atoms with Crippen LogP contribution in [-0.2, 0) is 9.53 Å². The van der Waals surface area contributed by atoms with Crippen molar-refractivity contribution in [2.75, 3.05) is 7.11 Å². The Bertz CT molecular complexity index is 1080. The molecule has 27 heavy (non-hydrogen) atoms. The van der Waals surface area contributed by atoms with Crippen molar-refractivity contribution in [2.24, 2.45) is 0 Å². The molecule has 0 aliphatic carbocycles. The highest BCUT2D eigenvalue weighted by Gasteiger charge is 2.17. The topological polar surface area (TPSA) is 81.3 Å². The molecule has 1 N–H and O–H groups in total. The summed E-state index contributed by atoms with van der Waals surface area (Å²) in [6, 6.07) is 7.34. The molecular weight excluding hydrogens is 364 g/mol. The number of aromatic nitrogens is 2. The lowest BCUT2D eigenvalue weighted by Crippen LogP contribution is -2.16. The second-order valence-corrected chi connectivity index (χ2v) is 7.27. The van der Waals surface area contributed by atoms with E-state index in [9.17, 15) is 9.59 Å². The molecule has 0 unspecified atom stereocenters. The van der Waals surface area contributed by atoms with Gasteiger partial charge in [0.1, 0.15) is 10.6 Å². The molecule has 0 saturated carbocycles. The average Bonchev–Trinajstić information content (AvgIpc) is 2.94. The molecule has 2 aromatic heterocycles. The van der Waals surface area contributed by atoms with Crippen molar-refractivity contribution in [2.45, 2.75) is 26.9 Å². The summed E-state index contributed by atoms with van der Waals surface area (Å²) in [5, 5.41) is 0.593. The Kier molecular flexibility index (Phi) is 5.41. The molecule has 3 rings (SSSR count). The molecule has 6 nitrogen and oxygen atoms in total. The van der Waals surface area contributed by atoms with Crippen LogP contribution in [0.5, 0.6) is 5.75 Å². The third kappa shape index (κ3) is 3.93. The lowest BCUT2D eigenvalue weighted by atomic mass is 10.2. The summed E-state index contributed by atoms with van der Waals surface area (Å²) in [6.45, 7) is 5.52. The van der Waals surface area contributed by atoms with Crippen LogP contribution in [0.15, 0.2) is 35.1 Å². The van der Waals surface area contributed by atoms with Gasteiger partial charge in [0.05, 0.1) is 12.5 Å². The molecule has 140 valence electrons. The Balaban J connectivity index is 1.78. The van der Waals surface area contributed by atoms with Crippen molar-refractivity contribution in [3.63, 3.8) is 0 Å². The first-order valence-corrected chi connectivity index (χ1v) is 9.24. The molecule has 3 aromatic rings. The summed E-state index contributed by atoms with van der Waals surface area (Å²) >= 11 is 1.46. The number of ether oxygens (including phenoxy) is 2. The first-order chi connectivity index (χ1) is 12.9. The van der Waals surface area contributed by atoms with Gasteiger partial charge in [-0.05, 0) is 38.5 Å². The van der Waals surface area contributed by atoms with Crippen molar-refractivity contribution in [3.8, 4) is 5.75 Å². The second-order valence-electron chi connectivity index (χ2n) is 6.07. The van der Waals surface area contributed by atoms with E-state index < -0.39 is 12.1 Å². The number of H-pyrrole nitrogens is 1. The number of carbonyl (C=O) groups is 1. The number of methoxy groups -OCH3 is 1. The van der Waals surface area contributed by atoms with E-state index in [1.54, 1.807) is 20.1 Å². The monoisotopic (exact) mass is 384 g/mol. The predicted octanol–water partition coefficient (Wildman–Crippen LogP) is 3.93. The fraction of sp³-hybridized carbons (Fsp3) is 0.250. The molecule has 0 bridgehead atoms. The number of carbonyl (C=O) groups excluding carboxylic acids is 1. The van der Waals surface area contributed by atoms with Gasteiger partial charge in [-0.1, -0.05) is 18.2 Å². The standard InChI is InChI=1S/C20H20N2O4S/c1-11-13(3)27-20-17(11)19(24)21-18(22-20)12(2)26-16(23)10-9-14-7-5-6-8-15(14)25-4/h5-10,12H,1-4H3,(H,21,22,24)/b10-9+/t12-/m0/s1. The van der Waals surface area contributed by atoms with Crippen LogP contribution in [0.3, 0.4) is 0 Å². The normalized spacial score (nSPS) is 12.4. The maximum absolute atomic E-state index is 12.3. The van der Waals surface area contributed by atoms with Gasteiger partial charge in [0.25, 0.3) is 5.56 Å². The predicted molar refractivity (Wildman–Crippen MR) is 106 cm³/mol. The number of rotatable bonds is 5. The van der Waals surface area contributed by atoms with Crippen LogP contribution >= 0.6 is 11.3 Å². The van der Waals surface area contributed by atoms with Crippen LogP contribution in [0.1, 0.15) is 34.9 Å². The van der Waals surface area contributed by atoms with Crippen LogP contribution < -0.4 is 10.3 Å². The number of hydrogen-bond donors (Lipinski definition) is 1. The zero-order chi connectivity index (χ0) is 19.6. The van der Waals surface area contributed by atoms with Gasteiger partial charge in [0, 0.05) is 16.5 Å². The lowest BCUT2D eigenvalue weighted by molar-refractivity contribution is -0.142. The molecule has 2 heterocycles. The number of nitrogens with zero attached hydrogens (tertiary/aromatic N) is 1. The van der Waals surface area contributed by atoms with E-state index in [2.05, 4.69) is 9.97 Å². The van der Waals surface area contributed by atoms with Crippen molar-refractivity contribution < 1.29 is 14.3 Å². The van der Waals surface area contributed by atoms with E-state index in [1.807, 2.05) is 38.1 Å². The van der Waals surface area contributed by atoms with E-state index in [-0.39, 0.29) is 5.56 Å². The van der Waals surface area contributed by atoms with Crippen LogP contribution in [0, 0.1) is 13.8 Å². The molecule has 0 spiro atoms. The number of nitrogens with one attached hydrogen (secondary N) is 1. The molecule has 0 amide bonds. The number of aryl methyl sites for hydroxylation is 2. The molecule has 0 aliphatic rings. The Morgan fingerprint density at radius 2 is 2.04 bits per heavy atom. The minimum Gasteiger partial charge on any atom is -0.496 e. The maximum Gasteiger partial charge on any atom is 0.331 e. The zero-order valence-electron chi connectivity index (χ0n) is 15.5. The summed E-state index contributed by atoms with van der Waals surface area (Å²) < 4.78 is 10.6. The third-order valence-electron chi connectivity index (χ3n) is 4.27. The first kappa shape index (κ1) is 18.8. The number of aromatic amines is 1. The Labute approximate surface area is 160 Å². The van der Waals surface area contributed by atoms with Crippen LogP contribution in [0.2, 0.25) is 0 Å². The zero-order valence-corrected chi connectivity index (χ0v) is 16.3. The Morgan fingerprint density at radius 3 is 2.78 bits per heavy atom. The number of benzene rings is 1. The van der Waals surface area contributed by atoms with Gasteiger partial charge in [-0.2, -0.15) is 0 Å². The second kappa shape index (κ2) is 7.75. The third-order valence-corrected chi connectivity index (χ3v) is 5.37. The van der Waals surface area contributed by atoms with Gasteiger partial charge < -0.3 is 14.5 Å². The highest BCUT2D eigenvalue weighted by Crippen LogP contribution is 2.27. The molecule has 7 heteroatoms. The summed E-state index contributed by atoms with van der Waals surface area (Å²) in [5.74, 6) is 0.456. The van der Waals surface area contributed by atoms with Gasteiger partial charge in [-0.25, -0.2) is 9.78 Å². The van der Waals surface area contributed by atoms with Gasteiger partial charge in [-0.15, -0.1) is 11.3 Å². The number of fused-ring (bicyclic) bond motifs is 1. The largest absolute Gasteiger partial charge is 0.496 e. The minimum atomic E-state index is -0.681. The molecular formula is C20H20N2O4S. The quantitative estimate of drug-likeness (QED) is 0.532. The van der Waals surface area contributed by atoms with Crippen molar-refractivity contribution in [1.29, 1.82) is 0 Å². The highest BCUT2D eigenvalue weighted by atomic mass is 32.1. The van der Waals surface area contributed by atoms with Gasteiger partial charge in [0.2, 0.25) is 0 Å². The molecule has 1 atom stereocenters. The first-order valence-electron chi connectivity index (χ1n) is 8.42. The van der Waals surface area contributed by atoms with Crippen molar-refractivity contribution in [3.05, 3.63) is 62.5 Å². The lowest BCUT2D eigenvalue weighted by Gasteiger charge is -2.11. The molecule has 0 saturated heterocycles. The van der Waals surface area contributed by atoms with Gasteiger partial charge in [0.15, 0.2) is 11.9 Å². The van der Waals surface area contributed by atoms with Gasteiger partial charge in [-0.3, -0.25) is 4.79 Å². The number of thiophene rings is 1. The minimum absolute atomic E-state index is 0.218. The van der Waals surface area contributed by atoms with Crippen LogP contribution in [-0.4, -0.2) is 23.0 Å². The molecule has 1 aromatic carbocycles. The van der Waals surface area contributed by atoms with E-state index in [0.29, 0.717) is 21.8 Å². The summed E-state index contributed by atoms with van der Waals surface area (Å²) in [4.78, 5) is 33.4. The van der Waals surface area contributed by atoms with E-state index in [1.165, 1.54) is 17.4 Å². The SMILES string of the molecule is COc1ccccc1/C=C/C(=O)O[C@@H](C)c1nc2sc(C)c(C)c2c(=O)[nH]1. The van der Waals surface area contributed by atoms with E-state index in [4.69, 9.17) is 9.47 Å². The van der Waals surface area contributed by atoms with E-state index >= 15 is 0 Å². The smallest absolute Gasteiger partial charge is 0.331 e. The summed E-state index contributed by atoms with van der Waals surface area (Å²) in [6.07, 6.45) is 2.27. The summed E-state index contributed by atoms with van der Waals surface area (Å²) in [5.41, 5.74) is 1.48. The van der Waals surface area contributed by atoms with Crippen molar-refractivity contribution >= 4 is 33.6 Å². The van der Waals surface area contributed by atoms with Crippen LogP contribution in [0.25, 0.3) is 16.3 Å². The highest BCUT2D eigenvalue weighted by molar-refractivity contribution is 7.18. The fourth-order valence-corrected chi connectivity index (χ4v) is 3.73. The fourth-order valence-electron chi connectivity index (χ4n) is 2.70. The molecule has 0 radical (unpaired) electrons. The maximum atomic E-state index is 12.3. The Morgan fingerprint density at radius 1 is 1.30 bits per heavy atom. The molecule has 0 fully saturated rings. The average molecular weight is 384 g/mol. The molecule has 0 aliphatic heterocycles. The van der Waals surface area contributed by atoms with Crippen molar-refractivity contribution in [1.82, 2.24) is 9.97 Å². The number of esters is 1. The number of para-hydroxylation sites is 1. The summed E-state index contributed by atoms with van der Waals surface area (Å²) in [7, 11) is 1.57. The van der Waals surface area contributed by atoms with Crippen LogP contribution in [0.4, 0.5) is 0 Å². The van der Waals surface area contributed by atoms with Gasteiger partial charge >= 0.3 is 5.97 Å². The van der Waals surface area contributed by atoms with E-state index in [0.717, 1.165) is 16.0 Å².